The third kappa shape index (κ3) is 5.55. The van der Waals surface area contributed by atoms with Gasteiger partial charge in [0, 0.05) is 6.42 Å². The molecule has 0 spiro atoms. The highest BCUT2D eigenvalue weighted by Crippen LogP contribution is 2.30. The van der Waals surface area contributed by atoms with Gasteiger partial charge in [-0.15, -0.1) is 0 Å². The number of amides is 2. The highest BCUT2D eigenvalue weighted by Gasteiger charge is 2.40. The summed E-state index contributed by atoms with van der Waals surface area (Å²) in [6.07, 6.45) is -0.0909. The van der Waals surface area contributed by atoms with Gasteiger partial charge in [-0.3, -0.25) is 9.59 Å². The molecule has 1 aromatic heterocycles. The van der Waals surface area contributed by atoms with Crippen molar-refractivity contribution in [1.29, 1.82) is 0 Å². The molecule has 4 rings (SSSR count). The molecular weight excluding hydrogens is 452 g/mol. The van der Waals surface area contributed by atoms with Gasteiger partial charge in [0.2, 0.25) is 11.8 Å². The molecule has 0 aliphatic carbocycles. The molecule has 0 saturated carbocycles. The Hall–Kier alpha value is -3.62. The molecule has 184 valence electrons. The number of nitrogens with one attached hydrogen (secondary N) is 2. The first-order chi connectivity index (χ1) is 16.6. The van der Waals surface area contributed by atoms with E-state index in [1.807, 2.05) is 51.1 Å². The molecule has 1 saturated heterocycles. The van der Waals surface area contributed by atoms with Crippen molar-refractivity contribution in [3.63, 3.8) is 0 Å². The lowest BCUT2D eigenvalue weighted by molar-refractivity contribution is -0.138. The van der Waals surface area contributed by atoms with E-state index in [-0.39, 0.29) is 30.6 Å². The highest BCUT2D eigenvalue weighted by atomic mass is 19.1. The van der Waals surface area contributed by atoms with Gasteiger partial charge in [-0.05, 0) is 28.2 Å². The van der Waals surface area contributed by atoms with Crippen molar-refractivity contribution in [3.05, 3.63) is 82.9 Å². The molecule has 1 aliphatic heterocycles. The van der Waals surface area contributed by atoms with Crippen LogP contribution in [-0.4, -0.2) is 50.9 Å². The number of hydrogen-bond acceptors (Lipinski definition) is 4. The monoisotopic (exact) mass is 481 g/mol. The Morgan fingerprint density at radius 3 is 2.54 bits per heavy atom. The van der Waals surface area contributed by atoms with Gasteiger partial charge in [-0.1, -0.05) is 63.2 Å². The summed E-state index contributed by atoms with van der Waals surface area (Å²) >= 11 is 0. The summed E-state index contributed by atoms with van der Waals surface area (Å²) in [7, 11) is 0. The number of aromatic amines is 1. The van der Waals surface area contributed by atoms with Crippen molar-refractivity contribution < 1.29 is 18.4 Å². The third-order valence-electron chi connectivity index (χ3n) is 6.22. The minimum Gasteiger partial charge on any atom is -0.343 e. The fourth-order valence-electron chi connectivity index (χ4n) is 4.44. The quantitative estimate of drug-likeness (QED) is 0.563. The number of H-pyrrole nitrogens is 1. The average Bonchev–Trinajstić information content (AvgIpc) is 3.46. The fraction of sp³-hybridized carbons (Fsp3) is 0.385. The molecule has 3 aromatic rings. The van der Waals surface area contributed by atoms with Gasteiger partial charge in [-0.2, -0.15) is 15.4 Å². The van der Waals surface area contributed by atoms with Crippen LogP contribution in [0.1, 0.15) is 55.6 Å². The van der Waals surface area contributed by atoms with E-state index in [1.165, 1.54) is 17.2 Å². The van der Waals surface area contributed by atoms with Crippen molar-refractivity contribution in [2.24, 2.45) is 0 Å². The number of nitrogens with zero attached hydrogens (tertiary/aromatic N) is 3. The van der Waals surface area contributed by atoms with Crippen molar-refractivity contribution in [2.75, 3.05) is 6.54 Å². The van der Waals surface area contributed by atoms with Crippen LogP contribution in [0, 0.1) is 5.82 Å². The Labute approximate surface area is 202 Å². The molecule has 0 bridgehead atoms. The van der Waals surface area contributed by atoms with E-state index in [0.717, 1.165) is 5.56 Å². The van der Waals surface area contributed by atoms with Gasteiger partial charge in [0.25, 0.3) is 0 Å². The van der Waals surface area contributed by atoms with E-state index in [1.54, 1.807) is 12.1 Å². The molecule has 7 nitrogen and oxygen atoms in total. The Bertz CT molecular complexity index is 1180. The lowest BCUT2D eigenvalue weighted by Gasteiger charge is -2.27. The topological polar surface area (TPSA) is 91.0 Å². The number of benzene rings is 2. The van der Waals surface area contributed by atoms with Crippen molar-refractivity contribution in [3.8, 4) is 0 Å². The van der Waals surface area contributed by atoms with Crippen molar-refractivity contribution in [2.45, 2.75) is 57.3 Å². The second-order valence-corrected chi connectivity index (χ2v) is 9.87. The zero-order valence-electron chi connectivity index (χ0n) is 20.0. The van der Waals surface area contributed by atoms with E-state index in [0.29, 0.717) is 16.8 Å². The average molecular weight is 482 g/mol. The highest BCUT2D eigenvalue weighted by molar-refractivity contribution is 5.89. The maximum absolute atomic E-state index is 15.0. The van der Waals surface area contributed by atoms with E-state index < -0.39 is 30.1 Å². The minimum atomic E-state index is -1.31. The van der Waals surface area contributed by atoms with Crippen LogP contribution in [0.25, 0.3) is 0 Å². The third-order valence-corrected chi connectivity index (χ3v) is 6.22. The van der Waals surface area contributed by atoms with Gasteiger partial charge in [0.05, 0.1) is 30.9 Å². The number of aromatic nitrogens is 3. The number of carbonyl (C=O) groups is 2. The van der Waals surface area contributed by atoms with Crippen molar-refractivity contribution in [1.82, 2.24) is 25.6 Å². The second-order valence-electron chi connectivity index (χ2n) is 9.87. The van der Waals surface area contributed by atoms with Crippen LogP contribution in [0.15, 0.2) is 54.7 Å². The van der Waals surface area contributed by atoms with Gasteiger partial charge < -0.3 is 10.2 Å². The van der Waals surface area contributed by atoms with Gasteiger partial charge in [0.1, 0.15) is 18.0 Å². The Balaban J connectivity index is 1.60. The first-order valence-electron chi connectivity index (χ1n) is 11.6. The molecule has 0 radical (unpaired) electrons. The van der Waals surface area contributed by atoms with Crippen LogP contribution in [0.3, 0.4) is 0 Å². The van der Waals surface area contributed by atoms with Crippen LogP contribution < -0.4 is 5.32 Å². The lowest BCUT2D eigenvalue weighted by atomic mass is 9.85. The molecule has 2 amide bonds. The summed E-state index contributed by atoms with van der Waals surface area (Å²) in [5.74, 6) is -1.26. The predicted molar refractivity (Wildman–Crippen MR) is 127 cm³/mol. The fourth-order valence-corrected chi connectivity index (χ4v) is 4.44. The van der Waals surface area contributed by atoms with E-state index in [2.05, 4.69) is 20.7 Å². The normalized spacial score (nSPS) is 18.9. The van der Waals surface area contributed by atoms with Crippen LogP contribution in [0.5, 0.6) is 0 Å². The van der Waals surface area contributed by atoms with E-state index in [9.17, 15) is 14.0 Å². The van der Waals surface area contributed by atoms with Crippen molar-refractivity contribution >= 4 is 11.8 Å². The standard InChI is InChI=1S/C26H29F2N5O2/c1-26(2,3)20-10-9-17(11-21(20)28)24(16-7-5-4-6-8-16)30-25(35)22-12-18(27)15-33(22)23(34)13-19-14-29-32-31-19/h4-11,14,18,22,24H,12-13,15H2,1-3H3,(H,30,35)(H,29,31,32)/t18-,22+,24+/m1/s1. The van der Waals surface area contributed by atoms with E-state index in [4.69, 9.17) is 0 Å². The van der Waals surface area contributed by atoms with Crippen LogP contribution in [0.2, 0.25) is 0 Å². The number of carbonyl (C=O) groups excluding carboxylic acids is 2. The number of halogens is 2. The number of likely N-dealkylation sites (tertiary alicyclic amines) is 1. The molecule has 2 aromatic carbocycles. The molecule has 1 fully saturated rings. The lowest BCUT2D eigenvalue weighted by Crippen LogP contribution is -2.47. The summed E-state index contributed by atoms with van der Waals surface area (Å²) < 4.78 is 29.4. The largest absolute Gasteiger partial charge is 0.343 e. The van der Waals surface area contributed by atoms with E-state index >= 15 is 4.39 Å². The van der Waals surface area contributed by atoms with Gasteiger partial charge in [-0.25, -0.2) is 8.78 Å². The Morgan fingerprint density at radius 1 is 1.17 bits per heavy atom. The molecule has 2 N–H and O–H groups in total. The number of rotatable bonds is 6. The molecule has 2 heterocycles. The zero-order chi connectivity index (χ0) is 25.2. The molecule has 3 atom stereocenters. The molecular formula is C26H29F2N5O2. The molecule has 35 heavy (non-hydrogen) atoms. The summed E-state index contributed by atoms with van der Waals surface area (Å²) in [6.45, 7) is 5.62. The van der Waals surface area contributed by atoms with Crippen LogP contribution >= 0.6 is 0 Å². The second kappa shape index (κ2) is 9.93. The summed E-state index contributed by atoms with van der Waals surface area (Å²) in [5.41, 5.74) is 1.91. The predicted octanol–water partition coefficient (Wildman–Crippen LogP) is 3.63. The van der Waals surface area contributed by atoms with Gasteiger partial charge in [0.15, 0.2) is 0 Å². The maximum atomic E-state index is 15.0. The summed E-state index contributed by atoms with van der Waals surface area (Å²) in [6, 6.07) is 12.5. The summed E-state index contributed by atoms with van der Waals surface area (Å²) in [5, 5.41) is 12.9. The molecule has 9 heteroatoms. The minimum absolute atomic E-state index is 0.0887. The van der Waals surface area contributed by atoms with Crippen LogP contribution in [-0.2, 0) is 21.4 Å². The summed E-state index contributed by atoms with van der Waals surface area (Å²) in [4.78, 5) is 27.4. The zero-order valence-corrected chi connectivity index (χ0v) is 20.0. The number of alkyl halides is 1. The maximum Gasteiger partial charge on any atom is 0.243 e. The Kier molecular flexibility index (Phi) is 6.95. The first-order valence-corrected chi connectivity index (χ1v) is 11.6. The first kappa shape index (κ1) is 24.5. The molecule has 1 aliphatic rings. The van der Waals surface area contributed by atoms with Gasteiger partial charge >= 0.3 is 0 Å². The smallest absolute Gasteiger partial charge is 0.243 e. The Morgan fingerprint density at radius 2 is 1.91 bits per heavy atom. The molecule has 0 unspecified atom stereocenters. The van der Waals surface area contributed by atoms with Crippen LogP contribution in [0.4, 0.5) is 8.78 Å². The SMILES string of the molecule is CC(C)(C)c1ccc([C@@H](NC(=O)[C@@H]2C[C@@H](F)CN2C(=O)Cc2cn[nH]n2)c2ccccc2)cc1F. The number of hydrogen-bond donors (Lipinski definition) is 2.